The number of ketones is 1. The Morgan fingerprint density at radius 3 is 2.61 bits per heavy atom. The summed E-state index contributed by atoms with van der Waals surface area (Å²) in [7, 11) is 1.46. The second-order valence-electron chi connectivity index (χ2n) is 6.09. The molecule has 0 atom stereocenters. The van der Waals surface area contributed by atoms with Gasteiger partial charge in [0.25, 0.3) is 0 Å². The second kappa shape index (κ2) is 10.5. The molecule has 0 saturated heterocycles. The molecule has 1 amide bonds. The number of aromatic hydroxyl groups is 1. The van der Waals surface area contributed by atoms with Crippen molar-refractivity contribution >= 4 is 29.0 Å². The van der Waals surface area contributed by atoms with Crippen LogP contribution in [0.15, 0.2) is 30.3 Å². The van der Waals surface area contributed by atoms with Gasteiger partial charge in [0.1, 0.15) is 0 Å². The highest BCUT2D eigenvalue weighted by Gasteiger charge is 2.13. The van der Waals surface area contributed by atoms with Gasteiger partial charge in [-0.2, -0.15) is 0 Å². The summed E-state index contributed by atoms with van der Waals surface area (Å²) in [5, 5.41) is 12.4. The van der Waals surface area contributed by atoms with Crippen molar-refractivity contribution in [3.63, 3.8) is 0 Å². The molecule has 1 heterocycles. The number of thiophene rings is 1. The maximum Gasteiger partial charge on any atom is 0.306 e. The number of amides is 1. The molecule has 0 aliphatic rings. The Bertz CT molecular complexity index is 845. The molecule has 0 bridgehead atoms. The first-order chi connectivity index (χ1) is 13.4. The molecule has 0 aliphatic heterocycles. The lowest BCUT2D eigenvalue weighted by Gasteiger charge is -2.06. The Kier molecular flexibility index (Phi) is 8.01. The fraction of sp³-hybridized carbons (Fsp3) is 0.350. The van der Waals surface area contributed by atoms with E-state index in [1.54, 1.807) is 18.2 Å². The number of ether oxygens (including phenoxy) is 2. The molecule has 8 heteroatoms. The average Bonchev–Trinajstić information content (AvgIpc) is 3.13. The van der Waals surface area contributed by atoms with Crippen LogP contribution in [0.4, 0.5) is 0 Å². The zero-order chi connectivity index (χ0) is 20.5. The van der Waals surface area contributed by atoms with Gasteiger partial charge in [0.2, 0.25) is 11.7 Å². The molecule has 7 nitrogen and oxygen atoms in total. The minimum absolute atomic E-state index is 0.00977. The second-order valence-corrected chi connectivity index (χ2v) is 7.26. The maximum atomic E-state index is 12.2. The van der Waals surface area contributed by atoms with E-state index in [0.717, 1.165) is 10.4 Å². The molecule has 150 valence electrons. The van der Waals surface area contributed by atoms with E-state index in [4.69, 9.17) is 9.47 Å². The van der Waals surface area contributed by atoms with Gasteiger partial charge in [0.05, 0.1) is 12.0 Å². The van der Waals surface area contributed by atoms with E-state index in [0.29, 0.717) is 30.0 Å². The van der Waals surface area contributed by atoms with E-state index in [9.17, 15) is 19.5 Å². The number of hydrogen-bond acceptors (Lipinski definition) is 7. The number of hydrogen-bond donors (Lipinski definition) is 2. The Morgan fingerprint density at radius 1 is 1.14 bits per heavy atom. The van der Waals surface area contributed by atoms with Crippen LogP contribution in [-0.4, -0.2) is 43.0 Å². The predicted octanol–water partition coefficient (Wildman–Crippen LogP) is 2.50. The van der Waals surface area contributed by atoms with Crippen molar-refractivity contribution in [1.82, 2.24) is 5.32 Å². The van der Waals surface area contributed by atoms with Crippen LogP contribution in [0.3, 0.4) is 0 Å². The van der Waals surface area contributed by atoms with E-state index < -0.39 is 5.97 Å². The summed E-state index contributed by atoms with van der Waals surface area (Å²) in [6, 6.07) is 8.44. The van der Waals surface area contributed by atoms with Crippen molar-refractivity contribution in [3.8, 4) is 11.5 Å². The van der Waals surface area contributed by atoms with E-state index >= 15 is 0 Å². The number of carbonyl (C=O) groups is 3. The highest BCUT2D eigenvalue weighted by Crippen LogP contribution is 2.26. The molecule has 0 fully saturated rings. The molecule has 2 aromatic rings. The summed E-state index contributed by atoms with van der Waals surface area (Å²) in [6.07, 6.45) is 1.13. The van der Waals surface area contributed by atoms with Gasteiger partial charge in [-0.1, -0.05) is 6.07 Å². The van der Waals surface area contributed by atoms with Crippen LogP contribution in [0, 0.1) is 0 Å². The van der Waals surface area contributed by atoms with E-state index in [-0.39, 0.29) is 30.5 Å². The SMILES string of the molecule is COc1ccc(CCC(=O)OCC(=O)c2ccc(CCNC(C)=O)s2)cc1O. The van der Waals surface area contributed by atoms with Gasteiger partial charge in [-0.25, -0.2) is 0 Å². The number of Topliss-reactive ketones (excluding diaryl/α,β-unsaturated/α-hetero) is 1. The summed E-state index contributed by atoms with van der Waals surface area (Å²) in [5.41, 5.74) is 0.767. The van der Waals surface area contributed by atoms with Crippen LogP contribution in [0.1, 0.15) is 33.5 Å². The maximum absolute atomic E-state index is 12.2. The predicted molar refractivity (Wildman–Crippen MR) is 105 cm³/mol. The third-order valence-electron chi connectivity index (χ3n) is 3.91. The topological polar surface area (TPSA) is 102 Å². The molecular formula is C20H23NO6S. The number of rotatable bonds is 10. The molecule has 28 heavy (non-hydrogen) atoms. The summed E-state index contributed by atoms with van der Waals surface area (Å²) in [5.74, 6) is -0.457. The van der Waals surface area contributed by atoms with E-state index in [1.165, 1.54) is 31.4 Å². The van der Waals surface area contributed by atoms with Crippen LogP contribution in [0.5, 0.6) is 11.5 Å². The van der Waals surface area contributed by atoms with Crippen molar-refractivity contribution in [2.45, 2.75) is 26.2 Å². The molecule has 1 aromatic carbocycles. The molecule has 2 rings (SSSR count). The van der Waals surface area contributed by atoms with Crippen LogP contribution in [0.25, 0.3) is 0 Å². The summed E-state index contributed by atoms with van der Waals surface area (Å²) >= 11 is 1.33. The van der Waals surface area contributed by atoms with E-state index in [1.807, 2.05) is 6.07 Å². The van der Waals surface area contributed by atoms with Crippen molar-refractivity contribution < 1.29 is 29.0 Å². The normalized spacial score (nSPS) is 10.4. The minimum Gasteiger partial charge on any atom is -0.504 e. The molecule has 0 aliphatic carbocycles. The third kappa shape index (κ3) is 6.70. The van der Waals surface area contributed by atoms with Gasteiger partial charge in [-0.3, -0.25) is 14.4 Å². The van der Waals surface area contributed by atoms with Gasteiger partial charge >= 0.3 is 5.97 Å². The number of esters is 1. The van der Waals surface area contributed by atoms with Crippen LogP contribution >= 0.6 is 11.3 Å². The standard InChI is InChI=1S/C20H23NO6S/c1-13(22)21-10-9-15-5-7-19(28-15)17(24)12-27-20(25)8-4-14-3-6-18(26-2)16(23)11-14/h3,5-7,11,23H,4,8-10,12H2,1-2H3,(H,21,22). The highest BCUT2D eigenvalue weighted by atomic mass is 32.1. The zero-order valence-corrected chi connectivity index (χ0v) is 16.6. The molecule has 0 unspecified atom stereocenters. The first-order valence-corrected chi connectivity index (χ1v) is 9.58. The Hall–Kier alpha value is -2.87. The van der Waals surface area contributed by atoms with Gasteiger partial charge in [0.15, 0.2) is 18.1 Å². The number of phenols is 1. The molecule has 0 spiro atoms. The van der Waals surface area contributed by atoms with Crippen LogP contribution in [-0.2, 0) is 27.2 Å². The van der Waals surface area contributed by atoms with Crippen LogP contribution in [0.2, 0.25) is 0 Å². The first kappa shape index (κ1) is 21.4. The number of aryl methyl sites for hydroxylation is 1. The van der Waals surface area contributed by atoms with Gasteiger partial charge in [-0.15, -0.1) is 11.3 Å². The largest absolute Gasteiger partial charge is 0.504 e. The number of methoxy groups -OCH3 is 1. The lowest BCUT2D eigenvalue weighted by molar-refractivity contribution is -0.142. The molecule has 1 aromatic heterocycles. The Morgan fingerprint density at radius 2 is 1.93 bits per heavy atom. The lowest BCUT2D eigenvalue weighted by Crippen LogP contribution is -2.22. The average molecular weight is 405 g/mol. The summed E-state index contributed by atoms with van der Waals surface area (Å²) in [4.78, 5) is 36.4. The minimum atomic E-state index is -0.480. The number of benzene rings is 1. The molecule has 0 saturated carbocycles. The molecule has 2 N–H and O–H groups in total. The zero-order valence-electron chi connectivity index (χ0n) is 15.8. The van der Waals surface area contributed by atoms with Crippen molar-refractivity contribution in [2.75, 3.05) is 20.3 Å². The molecule has 0 radical (unpaired) electrons. The Balaban J connectivity index is 1.74. The van der Waals surface area contributed by atoms with Gasteiger partial charge in [0, 0.05) is 24.8 Å². The molecular weight excluding hydrogens is 382 g/mol. The fourth-order valence-electron chi connectivity index (χ4n) is 2.45. The quantitative estimate of drug-likeness (QED) is 0.465. The van der Waals surface area contributed by atoms with Crippen LogP contribution < -0.4 is 10.1 Å². The fourth-order valence-corrected chi connectivity index (χ4v) is 3.38. The summed E-state index contributed by atoms with van der Waals surface area (Å²) < 4.78 is 10.0. The van der Waals surface area contributed by atoms with Gasteiger partial charge in [-0.05, 0) is 42.7 Å². The third-order valence-corrected chi connectivity index (χ3v) is 5.09. The van der Waals surface area contributed by atoms with Gasteiger partial charge < -0.3 is 19.9 Å². The summed E-state index contributed by atoms with van der Waals surface area (Å²) in [6.45, 7) is 1.66. The first-order valence-electron chi connectivity index (χ1n) is 8.77. The van der Waals surface area contributed by atoms with Crippen molar-refractivity contribution in [2.24, 2.45) is 0 Å². The highest BCUT2D eigenvalue weighted by molar-refractivity contribution is 7.14. The monoisotopic (exact) mass is 405 g/mol. The van der Waals surface area contributed by atoms with E-state index in [2.05, 4.69) is 5.32 Å². The lowest BCUT2D eigenvalue weighted by atomic mass is 10.1. The number of nitrogens with one attached hydrogen (secondary N) is 1. The van der Waals surface area contributed by atoms with Crippen molar-refractivity contribution in [3.05, 3.63) is 45.6 Å². The number of phenolic OH excluding ortho intramolecular Hbond substituents is 1. The smallest absolute Gasteiger partial charge is 0.306 e. The Labute approximate surface area is 167 Å². The number of carbonyl (C=O) groups excluding carboxylic acids is 3. The van der Waals surface area contributed by atoms with Crippen molar-refractivity contribution in [1.29, 1.82) is 0 Å².